The van der Waals surface area contributed by atoms with E-state index in [2.05, 4.69) is 6.92 Å². The van der Waals surface area contributed by atoms with Crippen LogP contribution >= 0.6 is 0 Å². The average Bonchev–Trinajstić information content (AvgIpc) is 3.67. The lowest BCUT2D eigenvalue weighted by atomic mass is 9.42. The second-order valence-electron chi connectivity index (χ2n) is 18.8. The molecule has 0 aromatic carbocycles. The summed E-state index contributed by atoms with van der Waals surface area (Å²) in [7, 11) is 0. The zero-order valence-electron chi connectivity index (χ0n) is 32.9. The number of fused-ring (bicyclic) bond motifs is 5. The Bertz CT molecular complexity index is 1410. The van der Waals surface area contributed by atoms with Crippen LogP contribution in [0.4, 0.5) is 0 Å². The minimum Gasteiger partial charge on any atom is -0.458 e. The zero-order chi connectivity index (χ0) is 39.2. The maximum absolute atomic E-state index is 12.6. The van der Waals surface area contributed by atoms with Crippen LogP contribution in [0.15, 0.2) is 11.6 Å². The molecular weight excluding hydrogens is 716 g/mol. The quantitative estimate of drug-likeness (QED) is 0.162. The Balaban J connectivity index is 0.837. The molecule has 312 valence electrons. The van der Waals surface area contributed by atoms with Crippen LogP contribution in [0.1, 0.15) is 105 Å². The van der Waals surface area contributed by atoms with E-state index >= 15 is 0 Å². The van der Waals surface area contributed by atoms with Crippen LogP contribution in [0.2, 0.25) is 0 Å². The minimum atomic E-state index is -1.01. The second-order valence-corrected chi connectivity index (χ2v) is 18.8. The van der Waals surface area contributed by atoms with Gasteiger partial charge in [0.15, 0.2) is 18.9 Å². The highest BCUT2D eigenvalue weighted by Gasteiger charge is 2.71. The molecule has 4 aliphatic carbocycles. The fourth-order valence-electron chi connectivity index (χ4n) is 12.8. The van der Waals surface area contributed by atoms with Gasteiger partial charge in [0.05, 0.1) is 54.4 Å². The van der Waals surface area contributed by atoms with Crippen LogP contribution in [-0.4, -0.2) is 135 Å². The van der Waals surface area contributed by atoms with Crippen molar-refractivity contribution in [2.75, 3.05) is 6.61 Å². The van der Waals surface area contributed by atoms with Crippen LogP contribution in [0.3, 0.4) is 0 Å². The van der Waals surface area contributed by atoms with Crippen molar-refractivity contribution >= 4 is 5.97 Å². The van der Waals surface area contributed by atoms with Crippen molar-refractivity contribution in [1.29, 1.82) is 0 Å². The SMILES string of the molecule is C[C@@H]1O[C@H](O[C@@H]2[C@H](O)C[C@H](O[C@@H]3[C@H](O)C[C@H](O[C@@H]4CC[C@@]5(C)[C@H](CC[C@@H]6[C@@H]5C[C@H](O)[C@]5(C)[C@H](C7=CC(=O)OC7)CC[C@@]65O)C4)O[C@@H]3C)O[C@@H]2C)C[C@H](O)[C@@H]1O. The lowest BCUT2D eigenvalue weighted by molar-refractivity contribution is -0.336. The number of aliphatic hydroxyl groups is 6. The summed E-state index contributed by atoms with van der Waals surface area (Å²) in [5, 5.41) is 66.9. The number of cyclic esters (lactones) is 1. The van der Waals surface area contributed by atoms with Gasteiger partial charge < -0.3 is 63.8 Å². The molecule has 0 spiro atoms. The van der Waals surface area contributed by atoms with Crippen LogP contribution in [0.5, 0.6) is 0 Å². The van der Waals surface area contributed by atoms with E-state index in [-0.39, 0.29) is 61.1 Å². The van der Waals surface area contributed by atoms with E-state index in [0.29, 0.717) is 18.8 Å². The van der Waals surface area contributed by atoms with Crippen molar-refractivity contribution < 1.29 is 68.6 Å². The number of esters is 1. The van der Waals surface area contributed by atoms with Gasteiger partial charge in [-0.25, -0.2) is 4.79 Å². The normalized spacial score (nSPS) is 55.5. The molecule has 3 saturated heterocycles. The Morgan fingerprint density at radius 1 is 0.691 bits per heavy atom. The molecule has 0 unspecified atom stereocenters. The molecule has 4 aliphatic heterocycles. The Hall–Kier alpha value is -1.27. The van der Waals surface area contributed by atoms with Gasteiger partial charge >= 0.3 is 5.97 Å². The number of carbonyl (C=O) groups excluding carboxylic acids is 1. The monoisotopic (exact) mass is 780 g/mol. The summed E-state index contributed by atoms with van der Waals surface area (Å²) in [5.41, 5.74) is -0.892. The summed E-state index contributed by atoms with van der Waals surface area (Å²) < 4.78 is 42.1. The highest BCUT2D eigenvalue weighted by molar-refractivity contribution is 5.85. The molecular formula is C41H64O14. The zero-order valence-corrected chi connectivity index (χ0v) is 32.9. The molecule has 14 heteroatoms. The number of hydrogen-bond donors (Lipinski definition) is 6. The predicted octanol–water partition coefficient (Wildman–Crippen LogP) is 2.22. The van der Waals surface area contributed by atoms with Gasteiger partial charge in [-0.3, -0.25) is 0 Å². The largest absolute Gasteiger partial charge is 0.458 e. The van der Waals surface area contributed by atoms with E-state index in [0.717, 1.165) is 44.1 Å². The standard InChI is InChI=1S/C41H64O14/c1-19-36(47)28(42)15-34(50-19)54-38-21(3)52-35(17-30(38)44)55-37-20(2)51-33(16-29(37)43)53-24-8-10-39(4)23(13-24)6-7-26-27(39)14-31(45)40(5)25(9-11-41(26,40)48)22-12-32(46)49-18-22/h12,19-21,23-31,33-38,42-45,47-48H,6-11,13-18H2,1-5H3/t19-,20+,21+,23+,24+,25-,26+,27-,28-,29+,30+,31-,33-,34+,35-,36+,37-,38-,39-,40-,41+/m0/s1. The number of carbonyl (C=O) groups is 1. The molecule has 0 aromatic rings. The summed E-state index contributed by atoms with van der Waals surface area (Å²) in [5.74, 6) is 0.204. The van der Waals surface area contributed by atoms with Crippen molar-refractivity contribution in [3.05, 3.63) is 11.6 Å². The maximum Gasteiger partial charge on any atom is 0.331 e. The van der Waals surface area contributed by atoms with Gasteiger partial charge in [-0.1, -0.05) is 13.8 Å². The molecule has 14 nitrogen and oxygen atoms in total. The summed E-state index contributed by atoms with van der Waals surface area (Å²) in [4.78, 5) is 11.9. The third-order valence-corrected chi connectivity index (χ3v) is 16.0. The van der Waals surface area contributed by atoms with Gasteiger partial charge in [-0.15, -0.1) is 0 Å². The first-order valence-electron chi connectivity index (χ1n) is 20.9. The van der Waals surface area contributed by atoms with Crippen LogP contribution in [0, 0.1) is 34.5 Å². The Labute approximate surface area is 323 Å². The van der Waals surface area contributed by atoms with E-state index < -0.39 is 90.9 Å². The fourth-order valence-corrected chi connectivity index (χ4v) is 12.8. The molecule has 0 aromatic heterocycles. The van der Waals surface area contributed by atoms with Crippen molar-refractivity contribution in [3.63, 3.8) is 0 Å². The first-order chi connectivity index (χ1) is 26.0. The molecule has 8 aliphatic rings. The number of hydrogen-bond acceptors (Lipinski definition) is 14. The van der Waals surface area contributed by atoms with Crippen LogP contribution in [-0.2, 0) is 38.0 Å². The number of ether oxygens (including phenoxy) is 7. The third-order valence-electron chi connectivity index (χ3n) is 16.0. The lowest BCUT2D eigenvalue weighted by Gasteiger charge is -2.65. The van der Waals surface area contributed by atoms with E-state index in [1.54, 1.807) is 19.9 Å². The summed E-state index contributed by atoms with van der Waals surface area (Å²) in [6.07, 6.45) is -1.51. The van der Waals surface area contributed by atoms with Gasteiger partial charge in [0.25, 0.3) is 0 Å². The Morgan fingerprint density at radius 3 is 1.87 bits per heavy atom. The summed E-state index contributed by atoms with van der Waals surface area (Å²) >= 11 is 0. The highest BCUT2D eigenvalue weighted by Crippen LogP contribution is 2.70. The van der Waals surface area contributed by atoms with Crippen molar-refractivity contribution in [3.8, 4) is 0 Å². The van der Waals surface area contributed by atoms with Crippen LogP contribution in [0.25, 0.3) is 0 Å². The van der Waals surface area contributed by atoms with E-state index in [1.165, 1.54) is 0 Å². The first kappa shape index (κ1) is 40.5. The molecule has 4 saturated carbocycles. The molecule has 21 atom stereocenters. The smallest absolute Gasteiger partial charge is 0.331 e. The number of rotatable bonds is 7. The van der Waals surface area contributed by atoms with E-state index in [4.69, 9.17) is 33.2 Å². The molecule has 0 radical (unpaired) electrons. The van der Waals surface area contributed by atoms with E-state index in [9.17, 15) is 35.4 Å². The van der Waals surface area contributed by atoms with Crippen LogP contribution < -0.4 is 0 Å². The lowest BCUT2D eigenvalue weighted by Crippen LogP contribution is -2.67. The highest BCUT2D eigenvalue weighted by atomic mass is 16.7. The molecule has 55 heavy (non-hydrogen) atoms. The van der Waals surface area contributed by atoms with Crippen molar-refractivity contribution in [2.24, 2.45) is 34.5 Å². The van der Waals surface area contributed by atoms with Gasteiger partial charge in [0, 0.05) is 30.8 Å². The topological polar surface area (TPSA) is 203 Å². The summed E-state index contributed by atoms with van der Waals surface area (Å²) in [6.45, 7) is 9.90. The third kappa shape index (κ3) is 6.95. The molecule has 7 fully saturated rings. The van der Waals surface area contributed by atoms with Gasteiger partial charge in [0.1, 0.15) is 24.9 Å². The summed E-state index contributed by atoms with van der Waals surface area (Å²) in [6, 6.07) is 0. The first-order valence-corrected chi connectivity index (χ1v) is 20.9. The fraction of sp³-hybridized carbons (Fsp3) is 0.927. The van der Waals surface area contributed by atoms with Gasteiger partial charge in [-0.05, 0) is 107 Å². The molecule has 8 rings (SSSR count). The average molecular weight is 781 g/mol. The van der Waals surface area contributed by atoms with Gasteiger partial charge in [0.2, 0.25) is 0 Å². The molecule has 4 heterocycles. The second kappa shape index (κ2) is 15.1. The Morgan fingerprint density at radius 2 is 1.29 bits per heavy atom. The molecule has 0 amide bonds. The molecule has 6 N–H and O–H groups in total. The van der Waals surface area contributed by atoms with E-state index in [1.807, 2.05) is 13.8 Å². The Kier molecular flexibility index (Phi) is 11.1. The molecule has 0 bridgehead atoms. The van der Waals surface area contributed by atoms with Crippen molar-refractivity contribution in [1.82, 2.24) is 0 Å². The van der Waals surface area contributed by atoms with Gasteiger partial charge in [-0.2, -0.15) is 0 Å². The van der Waals surface area contributed by atoms with Crippen molar-refractivity contribution in [2.45, 2.75) is 197 Å². The number of aliphatic hydroxyl groups excluding tert-OH is 5. The predicted molar refractivity (Wildman–Crippen MR) is 193 cm³/mol. The maximum atomic E-state index is 12.6. The minimum absolute atomic E-state index is 0.0452.